The van der Waals surface area contributed by atoms with E-state index in [9.17, 15) is 0 Å². The van der Waals surface area contributed by atoms with Gasteiger partial charge in [-0.15, -0.1) is 0 Å². The monoisotopic (exact) mass is 284 g/mol. The number of rotatable bonds is 2. The first-order valence-corrected chi connectivity index (χ1v) is 8.44. The van der Waals surface area contributed by atoms with Crippen molar-refractivity contribution in [1.82, 2.24) is 0 Å². The Labute approximate surface area is 132 Å². The number of allylic oxidation sites excluding steroid dienone is 4. The Bertz CT molecular complexity index is 791. The normalized spacial score (nSPS) is 20.7. The highest BCUT2D eigenvalue weighted by atomic mass is 14.5. The average Bonchev–Trinajstić information content (AvgIpc) is 3.14. The smallest absolute Gasteiger partial charge is 0.00536 e. The van der Waals surface area contributed by atoms with Crippen LogP contribution in [0, 0.1) is 5.92 Å². The van der Waals surface area contributed by atoms with Crippen molar-refractivity contribution in [3.05, 3.63) is 83.5 Å². The van der Waals surface area contributed by atoms with Crippen molar-refractivity contribution in [2.45, 2.75) is 31.1 Å². The Kier molecular flexibility index (Phi) is 2.52. The molecular formula is C22H20. The number of hydrogen-bond acceptors (Lipinski definition) is 0. The maximum atomic E-state index is 2.41. The molecule has 22 heavy (non-hydrogen) atoms. The Balaban J connectivity index is 1.69. The zero-order valence-electron chi connectivity index (χ0n) is 12.8. The first-order chi connectivity index (χ1) is 10.9. The molecule has 0 heterocycles. The van der Waals surface area contributed by atoms with Crippen LogP contribution in [-0.4, -0.2) is 0 Å². The summed E-state index contributed by atoms with van der Waals surface area (Å²) in [6.07, 6.45) is 14.4. The number of hydrogen-bond donors (Lipinski definition) is 0. The van der Waals surface area contributed by atoms with E-state index < -0.39 is 0 Å². The molecule has 3 aliphatic rings. The van der Waals surface area contributed by atoms with E-state index in [0.29, 0.717) is 11.3 Å². The van der Waals surface area contributed by atoms with E-state index in [1.807, 2.05) is 0 Å². The maximum Gasteiger partial charge on any atom is 0.00536 e. The average molecular weight is 284 g/mol. The topological polar surface area (TPSA) is 0 Å². The van der Waals surface area contributed by atoms with E-state index in [0.717, 1.165) is 6.42 Å². The van der Waals surface area contributed by atoms with Crippen molar-refractivity contribution in [3.63, 3.8) is 0 Å². The molecule has 0 atom stereocenters. The summed E-state index contributed by atoms with van der Waals surface area (Å²) in [5.41, 5.74) is 8.00. The molecule has 1 saturated carbocycles. The Morgan fingerprint density at radius 2 is 1.59 bits per heavy atom. The maximum absolute atomic E-state index is 2.41. The van der Waals surface area contributed by atoms with Gasteiger partial charge in [0.15, 0.2) is 0 Å². The van der Waals surface area contributed by atoms with Gasteiger partial charge in [-0.05, 0) is 47.1 Å². The Morgan fingerprint density at radius 1 is 0.818 bits per heavy atom. The molecule has 0 unspecified atom stereocenters. The Morgan fingerprint density at radius 3 is 2.36 bits per heavy atom. The minimum atomic E-state index is 0.358. The highest BCUT2D eigenvalue weighted by molar-refractivity contribution is 5.78. The summed E-state index contributed by atoms with van der Waals surface area (Å²) >= 11 is 0. The molecule has 0 bridgehead atoms. The third kappa shape index (κ3) is 1.53. The third-order valence-electron chi connectivity index (χ3n) is 6.02. The first kappa shape index (κ1) is 12.5. The van der Waals surface area contributed by atoms with Crippen molar-refractivity contribution in [2.24, 2.45) is 5.92 Å². The quantitative estimate of drug-likeness (QED) is 0.589. The predicted molar refractivity (Wildman–Crippen MR) is 92.0 cm³/mol. The molecule has 0 amide bonds. The van der Waals surface area contributed by atoms with Gasteiger partial charge in [-0.1, -0.05) is 73.2 Å². The molecule has 0 saturated heterocycles. The van der Waals surface area contributed by atoms with Crippen molar-refractivity contribution < 1.29 is 0 Å². The van der Waals surface area contributed by atoms with Gasteiger partial charge in [0, 0.05) is 11.3 Å². The lowest BCUT2D eigenvalue weighted by Crippen LogP contribution is -2.40. The molecule has 0 N–H and O–H groups in total. The van der Waals surface area contributed by atoms with Gasteiger partial charge in [-0.2, -0.15) is 0 Å². The van der Waals surface area contributed by atoms with Crippen molar-refractivity contribution in [3.8, 4) is 11.1 Å². The largest absolute Gasteiger partial charge is 0.0767 e. The molecule has 3 aliphatic carbocycles. The lowest BCUT2D eigenvalue weighted by molar-refractivity contribution is 0.203. The van der Waals surface area contributed by atoms with Crippen LogP contribution in [0.25, 0.3) is 11.1 Å². The van der Waals surface area contributed by atoms with Crippen LogP contribution < -0.4 is 0 Å². The molecule has 5 rings (SSSR count). The molecule has 0 aromatic heterocycles. The van der Waals surface area contributed by atoms with Crippen LogP contribution in [0.5, 0.6) is 0 Å². The second kappa shape index (κ2) is 4.46. The van der Waals surface area contributed by atoms with Gasteiger partial charge in [-0.25, -0.2) is 0 Å². The number of fused-ring (bicyclic) bond motifs is 3. The summed E-state index contributed by atoms with van der Waals surface area (Å²) in [6, 6.07) is 15.9. The summed E-state index contributed by atoms with van der Waals surface area (Å²) in [5.74, 6) is 0.594. The van der Waals surface area contributed by atoms with Gasteiger partial charge in [0.2, 0.25) is 0 Å². The van der Waals surface area contributed by atoms with Gasteiger partial charge in [0.25, 0.3) is 0 Å². The van der Waals surface area contributed by atoms with Crippen molar-refractivity contribution >= 4 is 0 Å². The minimum absolute atomic E-state index is 0.358. The molecular weight excluding hydrogens is 264 g/mol. The molecule has 0 nitrogen and oxygen atoms in total. The van der Waals surface area contributed by atoms with Gasteiger partial charge < -0.3 is 0 Å². The lowest BCUT2D eigenvalue weighted by Gasteiger charge is -2.47. The molecule has 0 spiro atoms. The van der Waals surface area contributed by atoms with Crippen LogP contribution in [0.4, 0.5) is 0 Å². The van der Waals surface area contributed by atoms with Crippen molar-refractivity contribution in [1.29, 1.82) is 0 Å². The van der Waals surface area contributed by atoms with E-state index >= 15 is 0 Å². The summed E-state index contributed by atoms with van der Waals surface area (Å²) < 4.78 is 0. The second-order valence-corrected chi connectivity index (χ2v) is 6.97. The fourth-order valence-corrected chi connectivity index (χ4v) is 4.76. The minimum Gasteiger partial charge on any atom is -0.0767 e. The zero-order valence-corrected chi connectivity index (χ0v) is 12.8. The van der Waals surface area contributed by atoms with Crippen molar-refractivity contribution in [2.75, 3.05) is 0 Å². The highest BCUT2D eigenvalue weighted by Gasteiger charge is 2.45. The summed E-state index contributed by atoms with van der Waals surface area (Å²) in [7, 11) is 0. The summed E-state index contributed by atoms with van der Waals surface area (Å²) in [6.45, 7) is 0. The van der Waals surface area contributed by atoms with Crippen LogP contribution >= 0.6 is 0 Å². The van der Waals surface area contributed by atoms with Crippen LogP contribution in [0.15, 0.2) is 66.8 Å². The lowest BCUT2D eigenvalue weighted by atomic mass is 9.56. The first-order valence-electron chi connectivity index (χ1n) is 8.44. The fraction of sp³-hybridized carbons (Fsp3) is 0.273. The standard InChI is InChI=1S/C22H20/c1-4-10-18-16(7-1)15-20-19(18)11-5-12-21(20)22(13-6-14-22)17-8-2-3-9-17/h1-5,7-12,17H,6,13-15H2. The summed E-state index contributed by atoms with van der Waals surface area (Å²) in [4.78, 5) is 0. The Hall–Kier alpha value is -2.08. The van der Waals surface area contributed by atoms with E-state index in [1.54, 1.807) is 11.1 Å². The molecule has 1 fully saturated rings. The number of benzene rings is 2. The third-order valence-corrected chi connectivity index (χ3v) is 6.02. The van der Waals surface area contributed by atoms with Gasteiger partial charge in [-0.3, -0.25) is 0 Å². The van der Waals surface area contributed by atoms with E-state index in [1.165, 1.54) is 36.0 Å². The van der Waals surface area contributed by atoms with E-state index in [2.05, 4.69) is 66.8 Å². The molecule has 0 heteroatoms. The molecule has 108 valence electrons. The van der Waals surface area contributed by atoms with Crippen LogP contribution in [0.2, 0.25) is 0 Å². The van der Waals surface area contributed by atoms with Crippen LogP contribution in [0.3, 0.4) is 0 Å². The van der Waals surface area contributed by atoms with Crippen LogP contribution in [0.1, 0.15) is 36.0 Å². The predicted octanol–water partition coefficient (Wildman–Crippen LogP) is 5.42. The molecule has 2 aromatic rings. The fourth-order valence-electron chi connectivity index (χ4n) is 4.76. The highest BCUT2D eigenvalue weighted by Crippen LogP contribution is 2.54. The molecule has 2 aromatic carbocycles. The SMILES string of the molecule is C1=CC(C2(c3cccc4c3Cc3ccccc3-4)CCC2)C=C1. The van der Waals surface area contributed by atoms with Gasteiger partial charge in [0.05, 0.1) is 0 Å². The van der Waals surface area contributed by atoms with Gasteiger partial charge >= 0.3 is 0 Å². The molecule has 0 aliphatic heterocycles. The summed E-state index contributed by atoms with van der Waals surface area (Å²) in [5, 5.41) is 0. The molecule has 0 radical (unpaired) electrons. The second-order valence-electron chi connectivity index (χ2n) is 6.97. The van der Waals surface area contributed by atoms with Crippen LogP contribution in [-0.2, 0) is 11.8 Å². The van der Waals surface area contributed by atoms with E-state index in [4.69, 9.17) is 0 Å². The van der Waals surface area contributed by atoms with E-state index in [-0.39, 0.29) is 0 Å². The zero-order chi connectivity index (χ0) is 14.6. The van der Waals surface area contributed by atoms with Gasteiger partial charge in [0.1, 0.15) is 0 Å².